The fraction of sp³-hybridized carbons (Fsp3) is 0.667. The number of carbonyl (C=O) groups excluding carboxylic acids is 2. The van der Waals surface area contributed by atoms with Gasteiger partial charge in [0.25, 0.3) is 0 Å². The van der Waals surface area contributed by atoms with Crippen molar-refractivity contribution in [3.63, 3.8) is 0 Å². The van der Waals surface area contributed by atoms with Gasteiger partial charge in [0.05, 0.1) is 0 Å². The van der Waals surface area contributed by atoms with Crippen molar-refractivity contribution < 1.29 is 33.9 Å². The maximum absolute atomic E-state index is 10.5. The van der Waals surface area contributed by atoms with Gasteiger partial charge in [0.1, 0.15) is 0 Å². The van der Waals surface area contributed by atoms with Crippen LogP contribution in [0.2, 0.25) is 0 Å². The topological polar surface area (TPSA) is 76.2 Å². The molecule has 11 heavy (non-hydrogen) atoms. The molecule has 2 N–H and O–H groups in total. The van der Waals surface area contributed by atoms with E-state index in [4.69, 9.17) is 0 Å². The molecular formula is C6H9LiNO3-. The summed E-state index contributed by atoms with van der Waals surface area (Å²) >= 11 is 0. The Morgan fingerprint density at radius 3 is 2.45 bits per heavy atom. The summed E-state index contributed by atoms with van der Waals surface area (Å²) in [6.45, 7) is 0. The Hall–Kier alpha value is -0.303. The average molecular weight is 150 g/mol. The van der Waals surface area contributed by atoms with E-state index in [9.17, 15) is 9.59 Å². The van der Waals surface area contributed by atoms with Crippen molar-refractivity contribution in [3.8, 4) is 0 Å². The Bertz CT molecular complexity index is 136. The van der Waals surface area contributed by atoms with Gasteiger partial charge in [-0.15, -0.1) is 0 Å². The van der Waals surface area contributed by atoms with E-state index in [1.54, 1.807) is 0 Å². The van der Waals surface area contributed by atoms with Crippen LogP contribution in [-0.4, -0.2) is 23.7 Å². The second kappa shape index (κ2) is 6.41. The number of nitrogens with one attached hydrogen (secondary N) is 1. The van der Waals surface area contributed by atoms with Gasteiger partial charge in [-0.3, -0.25) is 11.1 Å². The third-order valence-corrected chi connectivity index (χ3v) is 1.18. The molecule has 0 spiro atoms. The van der Waals surface area contributed by atoms with E-state index < -0.39 is 0 Å². The molecule has 0 aromatic heterocycles. The number of carbonyl (C=O) groups is 1. The number of rotatable bonds is 3. The summed E-state index contributed by atoms with van der Waals surface area (Å²) in [6, 6.07) is 0.353. The second-order valence-electron chi connectivity index (χ2n) is 2.16. The summed E-state index contributed by atoms with van der Waals surface area (Å²) in [6.07, 6.45) is 3.54. The van der Waals surface area contributed by atoms with Crippen molar-refractivity contribution in [1.82, 2.24) is 5.32 Å². The van der Waals surface area contributed by atoms with Gasteiger partial charge in [0.15, 0.2) is 5.91 Å². The van der Waals surface area contributed by atoms with E-state index in [2.05, 4.69) is 5.32 Å². The molecule has 0 saturated heterocycles. The van der Waals surface area contributed by atoms with Gasteiger partial charge in [-0.05, 0) is 12.8 Å². The molecule has 1 aliphatic carbocycles. The fourth-order valence-corrected chi connectivity index (χ4v) is 0.572. The van der Waals surface area contributed by atoms with Crippen molar-refractivity contribution in [2.75, 3.05) is 0 Å². The first-order valence-electron chi connectivity index (χ1n) is 2.97. The van der Waals surface area contributed by atoms with Gasteiger partial charge in [-0.25, -0.2) is 0 Å². The molecule has 1 fully saturated rings. The quantitative estimate of drug-likeness (QED) is 0.259. The molecule has 0 heterocycles. The van der Waals surface area contributed by atoms with Crippen molar-refractivity contribution in [3.05, 3.63) is 0 Å². The molecule has 4 nitrogen and oxygen atoms in total. The Morgan fingerprint density at radius 1 is 1.55 bits per heavy atom. The molecule has 1 aliphatic rings. The molecular weight excluding hydrogens is 141 g/mol. The largest absolute Gasteiger partial charge is 1.00 e. The van der Waals surface area contributed by atoms with Crippen LogP contribution in [-0.2, 0) is 9.59 Å². The van der Waals surface area contributed by atoms with Crippen LogP contribution in [0.25, 0.3) is 0 Å². The van der Waals surface area contributed by atoms with E-state index in [0.29, 0.717) is 6.04 Å². The molecule has 0 aliphatic heterocycles. The van der Waals surface area contributed by atoms with Crippen molar-refractivity contribution in [2.45, 2.75) is 25.3 Å². The van der Waals surface area contributed by atoms with E-state index >= 15 is 0 Å². The summed E-state index contributed by atoms with van der Waals surface area (Å²) in [5, 5.41) is 2.65. The third-order valence-electron chi connectivity index (χ3n) is 1.18. The SMILES string of the molecule is O=[C-]CC(=O)NC1CC1.[Li+].[OH-]. The average Bonchev–Trinajstić information content (AvgIpc) is 2.50. The van der Waals surface area contributed by atoms with Crippen LogP contribution in [0.1, 0.15) is 19.3 Å². The zero-order valence-electron chi connectivity index (χ0n) is 6.46. The first-order valence-corrected chi connectivity index (χ1v) is 2.97. The molecule has 0 aromatic rings. The predicted molar refractivity (Wildman–Crippen MR) is 33.4 cm³/mol. The van der Waals surface area contributed by atoms with E-state index in [-0.39, 0.29) is 36.7 Å². The molecule has 0 radical (unpaired) electrons. The second-order valence-corrected chi connectivity index (χ2v) is 2.16. The van der Waals surface area contributed by atoms with Crippen LogP contribution in [0.5, 0.6) is 0 Å². The van der Waals surface area contributed by atoms with Gasteiger partial charge in [-0.2, -0.15) is 0 Å². The van der Waals surface area contributed by atoms with Crippen molar-refractivity contribution in [2.24, 2.45) is 0 Å². The summed E-state index contributed by atoms with van der Waals surface area (Å²) in [7, 11) is 0. The zero-order valence-corrected chi connectivity index (χ0v) is 6.46. The maximum atomic E-state index is 10.5. The minimum Gasteiger partial charge on any atom is -0.870 e. The molecule has 1 saturated carbocycles. The van der Waals surface area contributed by atoms with Gasteiger partial charge in [-0.1, -0.05) is 6.42 Å². The number of amides is 1. The molecule has 1 rings (SSSR count). The molecule has 0 aromatic carbocycles. The Balaban J connectivity index is 0. The monoisotopic (exact) mass is 150 g/mol. The van der Waals surface area contributed by atoms with Crippen LogP contribution in [0.4, 0.5) is 0 Å². The minimum atomic E-state index is -0.201. The molecule has 0 atom stereocenters. The van der Waals surface area contributed by atoms with Crippen LogP contribution >= 0.6 is 0 Å². The zero-order chi connectivity index (χ0) is 6.69. The van der Waals surface area contributed by atoms with Crippen LogP contribution in [0, 0.1) is 0 Å². The Morgan fingerprint density at radius 2 is 2.09 bits per heavy atom. The Labute approximate surface area is 77.2 Å². The third kappa shape index (κ3) is 6.11. The smallest absolute Gasteiger partial charge is 0.870 e. The first-order chi connectivity index (χ1) is 4.33. The predicted octanol–water partition coefficient (Wildman–Crippen LogP) is -3.41. The number of hydrogen-bond acceptors (Lipinski definition) is 3. The molecule has 58 valence electrons. The summed E-state index contributed by atoms with van der Waals surface area (Å²) < 4.78 is 0. The van der Waals surface area contributed by atoms with Gasteiger partial charge in [0.2, 0.25) is 0 Å². The van der Waals surface area contributed by atoms with Crippen LogP contribution in [0.15, 0.2) is 0 Å². The van der Waals surface area contributed by atoms with Gasteiger partial charge < -0.3 is 15.6 Å². The van der Waals surface area contributed by atoms with Crippen LogP contribution in [0.3, 0.4) is 0 Å². The van der Waals surface area contributed by atoms with Crippen molar-refractivity contribution >= 4 is 12.2 Å². The Kier molecular flexibility index (Phi) is 7.75. The van der Waals surface area contributed by atoms with E-state index in [1.165, 1.54) is 6.29 Å². The van der Waals surface area contributed by atoms with Gasteiger partial charge >= 0.3 is 18.9 Å². The van der Waals surface area contributed by atoms with E-state index in [1.807, 2.05) is 0 Å². The van der Waals surface area contributed by atoms with Gasteiger partial charge in [0, 0.05) is 6.04 Å². The minimum absolute atomic E-state index is 0. The number of hydrogen-bond donors (Lipinski definition) is 1. The molecule has 0 unspecified atom stereocenters. The fourth-order valence-electron chi connectivity index (χ4n) is 0.572. The standard InChI is InChI=1S/C6H8NO2.Li.H2O/c8-4-3-6(9)7-5-1-2-5;;/h5H,1-3H2,(H,7,9);;1H2/q-1;+1;/p-1. The summed E-state index contributed by atoms with van der Waals surface area (Å²) in [4.78, 5) is 20.2. The molecule has 1 amide bonds. The van der Waals surface area contributed by atoms with E-state index in [0.717, 1.165) is 12.8 Å². The summed E-state index contributed by atoms with van der Waals surface area (Å²) in [5.74, 6) is -0.201. The van der Waals surface area contributed by atoms with Crippen molar-refractivity contribution in [1.29, 1.82) is 0 Å². The van der Waals surface area contributed by atoms with Crippen LogP contribution < -0.4 is 24.2 Å². The maximum Gasteiger partial charge on any atom is 1.00 e. The normalized spacial score (nSPS) is 13.8. The molecule has 0 bridgehead atoms. The first kappa shape index (κ1) is 13.3. The molecule has 5 heteroatoms. The summed E-state index contributed by atoms with van der Waals surface area (Å²) in [5.41, 5.74) is 0.